The number of sulfonamides is 1. The van der Waals surface area contributed by atoms with Crippen LogP contribution in [0.2, 0.25) is 0 Å². The molecule has 1 aromatic carbocycles. The van der Waals surface area contributed by atoms with Gasteiger partial charge >= 0.3 is 0 Å². The Hall–Kier alpha value is -2.95. The van der Waals surface area contributed by atoms with E-state index >= 15 is 0 Å². The lowest BCUT2D eigenvalue weighted by Crippen LogP contribution is -2.21. The third kappa shape index (κ3) is 4.87. The molecule has 1 amide bonds. The molecule has 10 heteroatoms. The number of carbonyl (C=O) groups excluding carboxylic acids is 1. The fourth-order valence-corrected chi connectivity index (χ4v) is 3.72. The number of aliphatic hydroxyl groups excluding tert-OH is 2. The summed E-state index contributed by atoms with van der Waals surface area (Å²) in [6.07, 6.45) is -1.20. The van der Waals surface area contributed by atoms with Gasteiger partial charge in [0.05, 0.1) is 29.4 Å². The highest BCUT2D eigenvalue weighted by atomic mass is 32.2. The number of nitrogens with zero attached hydrogens (tertiary/aromatic N) is 1. The van der Waals surface area contributed by atoms with Crippen LogP contribution in [0.25, 0.3) is 22.4 Å². The first-order chi connectivity index (χ1) is 14.7. The quantitative estimate of drug-likeness (QED) is 0.413. The number of anilines is 1. The van der Waals surface area contributed by atoms with E-state index in [9.17, 15) is 23.4 Å². The smallest absolute Gasteiger partial charge is 0.255 e. The number of aromatic nitrogens is 1. The van der Waals surface area contributed by atoms with Gasteiger partial charge < -0.3 is 19.9 Å². The second-order valence-electron chi connectivity index (χ2n) is 7.15. The molecular formula is C21H25N3O6S. The van der Waals surface area contributed by atoms with Gasteiger partial charge in [0.25, 0.3) is 5.91 Å². The van der Waals surface area contributed by atoms with Gasteiger partial charge in [-0.25, -0.2) is 8.42 Å². The predicted molar refractivity (Wildman–Crippen MR) is 117 cm³/mol. The topological polar surface area (TPSA) is 142 Å². The van der Waals surface area contributed by atoms with E-state index in [0.717, 1.165) is 5.56 Å². The number of furan rings is 1. The minimum absolute atomic E-state index is 0.0190. The Balaban J connectivity index is 2.28. The van der Waals surface area contributed by atoms with E-state index in [2.05, 4.69) is 15.0 Å². The molecule has 9 nitrogen and oxygen atoms in total. The van der Waals surface area contributed by atoms with Crippen LogP contribution in [0.15, 0.2) is 34.7 Å². The van der Waals surface area contributed by atoms with Gasteiger partial charge in [0, 0.05) is 19.0 Å². The number of carbonyl (C=O) groups is 1. The minimum Gasteiger partial charge on any atom is -0.437 e. The van der Waals surface area contributed by atoms with Crippen LogP contribution in [0.1, 0.15) is 28.4 Å². The molecule has 0 spiro atoms. The van der Waals surface area contributed by atoms with E-state index in [4.69, 9.17) is 4.42 Å². The molecule has 0 aliphatic rings. The van der Waals surface area contributed by atoms with Crippen molar-refractivity contribution < 1.29 is 27.8 Å². The van der Waals surface area contributed by atoms with E-state index in [-0.39, 0.29) is 29.3 Å². The van der Waals surface area contributed by atoms with E-state index in [1.165, 1.54) is 14.0 Å². The molecule has 0 bridgehead atoms. The summed E-state index contributed by atoms with van der Waals surface area (Å²) in [4.78, 5) is 17.0. The average Bonchev–Trinajstić information content (AvgIpc) is 3.11. The van der Waals surface area contributed by atoms with Crippen LogP contribution in [-0.2, 0) is 16.4 Å². The average molecular weight is 448 g/mol. The van der Waals surface area contributed by atoms with Crippen molar-refractivity contribution in [3.05, 3.63) is 47.0 Å². The number of pyridine rings is 1. The van der Waals surface area contributed by atoms with Crippen molar-refractivity contribution in [1.29, 1.82) is 0 Å². The minimum atomic E-state index is -3.67. The fraction of sp³-hybridized carbons (Fsp3) is 0.333. The molecule has 0 aliphatic heterocycles. The molecule has 3 rings (SSSR count). The first-order valence-corrected chi connectivity index (χ1v) is 11.4. The second kappa shape index (κ2) is 9.04. The van der Waals surface area contributed by atoms with Crippen LogP contribution >= 0.6 is 0 Å². The normalized spacial score (nSPS) is 12.7. The fourth-order valence-electron chi connectivity index (χ4n) is 3.11. The number of hydrogen-bond donors (Lipinski definition) is 4. The highest BCUT2D eigenvalue weighted by molar-refractivity contribution is 7.92. The van der Waals surface area contributed by atoms with Crippen molar-refractivity contribution in [2.45, 2.75) is 26.4 Å². The largest absolute Gasteiger partial charge is 0.437 e. The molecule has 2 aromatic heterocycles. The molecule has 0 fully saturated rings. The van der Waals surface area contributed by atoms with Crippen LogP contribution in [0.4, 0.5) is 5.82 Å². The Morgan fingerprint density at radius 3 is 2.52 bits per heavy atom. The van der Waals surface area contributed by atoms with E-state index in [1.54, 1.807) is 6.07 Å². The number of nitrogens with one attached hydrogen (secondary N) is 2. The van der Waals surface area contributed by atoms with Gasteiger partial charge in [-0.2, -0.15) is 4.98 Å². The summed E-state index contributed by atoms with van der Waals surface area (Å²) in [5.41, 5.74) is 2.35. The van der Waals surface area contributed by atoms with Crippen molar-refractivity contribution in [2.75, 3.05) is 24.1 Å². The maximum Gasteiger partial charge on any atom is 0.255 e. The van der Waals surface area contributed by atoms with Gasteiger partial charge in [-0.05, 0) is 25.5 Å². The van der Waals surface area contributed by atoms with Crippen molar-refractivity contribution in [1.82, 2.24) is 10.3 Å². The lowest BCUT2D eigenvalue weighted by Gasteiger charge is -2.13. The Morgan fingerprint density at radius 1 is 1.26 bits per heavy atom. The van der Waals surface area contributed by atoms with Gasteiger partial charge in [-0.3, -0.25) is 9.52 Å². The Kier molecular flexibility index (Phi) is 6.63. The Morgan fingerprint density at radius 2 is 1.94 bits per heavy atom. The molecule has 4 N–H and O–H groups in total. The van der Waals surface area contributed by atoms with Crippen LogP contribution < -0.4 is 10.0 Å². The second-order valence-corrected chi connectivity index (χ2v) is 9.16. The van der Waals surface area contributed by atoms with Crippen LogP contribution in [0, 0.1) is 6.92 Å². The monoisotopic (exact) mass is 447 g/mol. The maximum absolute atomic E-state index is 12.7. The lowest BCUT2D eigenvalue weighted by atomic mass is 10.0. The molecular weight excluding hydrogens is 422 g/mol. The van der Waals surface area contributed by atoms with Crippen LogP contribution in [0.3, 0.4) is 0 Å². The summed E-state index contributed by atoms with van der Waals surface area (Å²) in [7, 11) is -2.17. The molecule has 0 radical (unpaired) electrons. The van der Waals surface area contributed by atoms with E-state index in [0.29, 0.717) is 22.3 Å². The van der Waals surface area contributed by atoms with Gasteiger partial charge in [0.15, 0.2) is 0 Å². The molecule has 1 unspecified atom stereocenters. The standard InChI is InChI=1S/C21H25N3O6S/c1-4-31(28,29)24-19-14(9-15(26)11-25)10-16-17(20(27)22-3)18(30-21(16)23-19)13-7-5-12(2)6-8-13/h5-8,10,15,25-26H,4,9,11H2,1-3H3,(H,22,27)(H,23,24). The lowest BCUT2D eigenvalue weighted by molar-refractivity contribution is 0.0956. The zero-order valence-electron chi connectivity index (χ0n) is 17.5. The molecule has 0 saturated carbocycles. The van der Waals surface area contributed by atoms with E-state index in [1.807, 2.05) is 31.2 Å². The highest BCUT2D eigenvalue weighted by Crippen LogP contribution is 2.35. The van der Waals surface area contributed by atoms with Gasteiger partial charge in [-0.15, -0.1) is 0 Å². The van der Waals surface area contributed by atoms with Crippen molar-refractivity contribution in [3.63, 3.8) is 0 Å². The Labute approximate surface area is 180 Å². The molecule has 31 heavy (non-hydrogen) atoms. The van der Waals surface area contributed by atoms with Gasteiger partial charge in [-0.1, -0.05) is 29.8 Å². The first kappa shape index (κ1) is 22.7. The van der Waals surface area contributed by atoms with Crippen molar-refractivity contribution in [3.8, 4) is 11.3 Å². The third-order valence-electron chi connectivity index (χ3n) is 4.83. The molecule has 0 saturated heterocycles. The summed E-state index contributed by atoms with van der Waals surface area (Å²) < 4.78 is 32.6. The number of aryl methyl sites for hydroxylation is 1. The summed E-state index contributed by atoms with van der Waals surface area (Å²) in [5, 5.41) is 22.1. The Bertz CT molecular complexity index is 1200. The number of benzene rings is 1. The number of fused-ring (bicyclic) bond motifs is 1. The predicted octanol–water partition coefficient (Wildman–Crippen LogP) is 1.82. The number of hydrogen-bond acceptors (Lipinski definition) is 7. The highest BCUT2D eigenvalue weighted by Gasteiger charge is 2.25. The van der Waals surface area contributed by atoms with Crippen molar-refractivity contribution >= 4 is 32.8 Å². The van der Waals surface area contributed by atoms with Gasteiger partial charge in [0.1, 0.15) is 11.6 Å². The van der Waals surface area contributed by atoms with E-state index < -0.39 is 28.6 Å². The SMILES string of the molecule is CCS(=O)(=O)Nc1nc2oc(-c3ccc(C)cc3)c(C(=O)NC)c2cc1CC(O)CO. The molecule has 3 aromatic rings. The number of rotatable bonds is 8. The number of aliphatic hydroxyl groups is 2. The summed E-state index contributed by atoms with van der Waals surface area (Å²) >= 11 is 0. The summed E-state index contributed by atoms with van der Waals surface area (Å²) in [5.74, 6) is -0.294. The molecule has 2 heterocycles. The first-order valence-electron chi connectivity index (χ1n) is 9.74. The molecule has 166 valence electrons. The zero-order chi connectivity index (χ0) is 22.8. The molecule has 1 atom stereocenters. The maximum atomic E-state index is 12.7. The summed E-state index contributed by atoms with van der Waals surface area (Å²) in [6, 6.07) is 8.95. The van der Waals surface area contributed by atoms with Gasteiger partial charge in [0.2, 0.25) is 15.7 Å². The number of amides is 1. The van der Waals surface area contributed by atoms with Crippen LogP contribution in [0.5, 0.6) is 0 Å². The van der Waals surface area contributed by atoms with Crippen molar-refractivity contribution in [2.24, 2.45) is 0 Å². The zero-order valence-corrected chi connectivity index (χ0v) is 18.3. The molecule has 0 aliphatic carbocycles. The third-order valence-corrected chi connectivity index (χ3v) is 6.09. The summed E-state index contributed by atoms with van der Waals surface area (Å²) in [6.45, 7) is 2.91. The van der Waals surface area contributed by atoms with Crippen LogP contribution in [-0.4, -0.2) is 55.0 Å².